The Kier molecular flexibility index (Phi) is 6.10. The van der Waals surface area contributed by atoms with Gasteiger partial charge in [0.1, 0.15) is 11.5 Å². The van der Waals surface area contributed by atoms with Crippen LogP contribution in [0.4, 0.5) is 10.8 Å². The molecule has 0 saturated carbocycles. The van der Waals surface area contributed by atoms with Crippen LogP contribution in [0.3, 0.4) is 0 Å². The molecule has 1 aliphatic rings. The summed E-state index contributed by atoms with van der Waals surface area (Å²) in [5.41, 5.74) is 0.621. The number of anilines is 2. The summed E-state index contributed by atoms with van der Waals surface area (Å²) >= 11 is 1.20. The maximum absolute atomic E-state index is 12.8. The van der Waals surface area contributed by atoms with E-state index in [1.54, 1.807) is 46.7 Å². The molecule has 1 aromatic heterocycles. The van der Waals surface area contributed by atoms with Crippen LogP contribution in [0.2, 0.25) is 0 Å². The Balaban J connectivity index is 1.41. The minimum absolute atomic E-state index is 0.0975. The number of hydrogen-bond acceptors (Lipinski definition) is 7. The van der Waals surface area contributed by atoms with Crippen molar-refractivity contribution in [3.63, 3.8) is 0 Å². The Hall–Kier alpha value is -3.11. The van der Waals surface area contributed by atoms with Crippen molar-refractivity contribution in [1.29, 1.82) is 0 Å². The van der Waals surface area contributed by atoms with Crippen LogP contribution in [0.5, 0.6) is 11.5 Å². The Morgan fingerprint density at radius 1 is 1.13 bits per heavy atom. The van der Waals surface area contributed by atoms with Gasteiger partial charge in [-0.1, -0.05) is 0 Å². The molecule has 0 spiro atoms. The summed E-state index contributed by atoms with van der Waals surface area (Å²) in [6, 6.07) is 13.3. The first-order chi connectivity index (χ1) is 15.0. The maximum Gasteiger partial charge on any atom is 0.268 e. The first kappa shape index (κ1) is 21.1. The molecule has 162 valence electrons. The number of benzene rings is 2. The molecule has 1 unspecified atom stereocenters. The molecule has 1 aliphatic heterocycles. The number of aromatic nitrogens is 1. The van der Waals surface area contributed by atoms with Crippen molar-refractivity contribution in [3.05, 3.63) is 60.1 Å². The molecule has 1 amide bonds. The van der Waals surface area contributed by atoms with Gasteiger partial charge in [0.2, 0.25) is 0 Å². The average Bonchev–Trinajstić information content (AvgIpc) is 3.39. The van der Waals surface area contributed by atoms with E-state index in [4.69, 9.17) is 9.47 Å². The second-order valence-corrected chi connectivity index (χ2v) is 9.30. The van der Waals surface area contributed by atoms with Crippen molar-refractivity contribution >= 4 is 38.1 Å². The third-order valence-corrected chi connectivity index (χ3v) is 6.85. The molecule has 0 radical (unpaired) electrons. The Labute approximate surface area is 184 Å². The van der Waals surface area contributed by atoms with Gasteiger partial charge in [-0.15, -0.1) is 11.3 Å². The molecule has 2 aromatic carbocycles. The second-order valence-electron chi connectivity index (χ2n) is 6.73. The predicted octanol–water partition coefficient (Wildman–Crippen LogP) is 3.53. The minimum Gasteiger partial charge on any atom is -0.494 e. The number of carbonyl (C=O) groups is 1. The summed E-state index contributed by atoms with van der Waals surface area (Å²) in [4.78, 5) is 18.4. The van der Waals surface area contributed by atoms with Crippen molar-refractivity contribution in [2.24, 2.45) is 0 Å². The second kappa shape index (κ2) is 8.94. The molecular formula is C21H21N3O5S2. The molecule has 10 heteroatoms. The molecule has 1 saturated heterocycles. The number of amides is 1. The normalized spacial score (nSPS) is 16.4. The highest BCUT2D eigenvalue weighted by molar-refractivity contribution is 7.93. The van der Waals surface area contributed by atoms with Crippen LogP contribution >= 0.6 is 11.3 Å². The van der Waals surface area contributed by atoms with E-state index in [2.05, 4.69) is 9.71 Å². The summed E-state index contributed by atoms with van der Waals surface area (Å²) in [6.45, 7) is 2.98. The van der Waals surface area contributed by atoms with Crippen molar-refractivity contribution < 1.29 is 22.7 Å². The quantitative estimate of drug-likeness (QED) is 0.553. The van der Waals surface area contributed by atoms with Gasteiger partial charge in [0.15, 0.2) is 11.2 Å². The summed E-state index contributed by atoms with van der Waals surface area (Å²) in [5.74, 6) is 1.18. The van der Waals surface area contributed by atoms with Crippen LogP contribution in [0, 0.1) is 0 Å². The summed E-state index contributed by atoms with van der Waals surface area (Å²) in [6.07, 6.45) is 1.47. The van der Waals surface area contributed by atoms with E-state index < -0.39 is 16.1 Å². The minimum atomic E-state index is -3.74. The molecule has 1 atom stereocenters. The molecule has 0 bridgehead atoms. The van der Waals surface area contributed by atoms with Gasteiger partial charge >= 0.3 is 0 Å². The van der Waals surface area contributed by atoms with Crippen LogP contribution in [0.1, 0.15) is 13.3 Å². The SMILES string of the molecule is CCOc1ccc(OC2CCN(c3ccc(S(=O)(=O)Nc4nccs4)cc3)C2=O)cc1. The third-order valence-electron chi connectivity index (χ3n) is 4.68. The van der Waals surface area contributed by atoms with E-state index >= 15 is 0 Å². The molecule has 4 rings (SSSR count). The van der Waals surface area contributed by atoms with E-state index in [1.807, 2.05) is 6.92 Å². The number of nitrogens with one attached hydrogen (secondary N) is 1. The number of rotatable bonds is 8. The lowest BCUT2D eigenvalue weighted by Gasteiger charge is -2.18. The lowest BCUT2D eigenvalue weighted by Crippen LogP contribution is -2.32. The van der Waals surface area contributed by atoms with Gasteiger partial charge in [-0.25, -0.2) is 13.4 Å². The Morgan fingerprint density at radius 3 is 2.48 bits per heavy atom. The lowest BCUT2D eigenvalue weighted by molar-refractivity contribution is -0.122. The number of carbonyl (C=O) groups excluding carboxylic acids is 1. The van der Waals surface area contributed by atoms with Gasteiger partial charge in [0.05, 0.1) is 11.5 Å². The number of hydrogen-bond donors (Lipinski definition) is 1. The zero-order valence-corrected chi connectivity index (χ0v) is 18.4. The largest absolute Gasteiger partial charge is 0.494 e. The van der Waals surface area contributed by atoms with Crippen LogP contribution < -0.4 is 19.1 Å². The zero-order valence-electron chi connectivity index (χ0n) is 16.7. The fraction of sp³-hybridized carbons (Fsp3) is 0.238. The Morgan fingerprint density at radius 2 is 1.84 bits per heavy atom. The van der Waals surface area contributed by atoms with Gasteiger partial charge in [-0.3, -0.25) is 9.52 Å². The van der Waals surface area contributed by atoms with Gasteiger partial charge in [0, 0.05) is 30.2 Å². The van der Waals surface area contributed by atoms with Crippen molar-refractivity contribution in [2.45, 2.75) is 24.3 Å². The molecule has 1 fully saturated rings. The predicted molar refractivity (Wildman–Crippen MR) is 118 cm³/mol. The Bertz CT molecular complexity index is 1130. The highest BCUT2D eigenvalue weighted by Gasteiger charge is 2.34. The van der Waals surface area contributed by atoms with Crippen molar-refractivity contribution in [2.75, 3.05) is 22.8 Å². The lowest BCUT2D eigenvalue weighted by atomic mass is 10.3. The summed E-state index contributed by atoms with van der Waals surface area (Å²) < 4.78 is 38.6. The van der Waals surface area contributed by atoms with Gasteiger partial charge in [0.25, 0.3) is 15.9 Å². The average molecular weight is 460 g/mol. The van der Waals surface area contributed by atoms with Crippen LogP contribution in [0.15, 0.2) is 65.0 Å². The number of sulfonamides is 1. The number of nitrogens with zero attached hydrogens (tertiary/aromatic N) is 2. The van der Waals surface area contributed by atoms with E-state index in [-0.39, 0.29) is 10.8 Å². The fourth-order valence-corrected chi connectivity index (χ4v) is 5.01. The third kappa shape index (κ3) is 4.80. The summed E-state index contributed by atoms with van der Waals surface area (Å²) in [5, 5.41) is 1.99. The number of ether oxygens (including phenoxy) is 2. The van der Waals surface area contributed by atoms with Gasteiger partial charge in [-0.2, -0.15) is 0 Å². The summed E-state index contributed by atoms with van der Waals surface area (Å²) in [7, 11) is -3.74. The fourth-order valence-electron chi connectivity index (χ4n) is 3.22. The highest BCUT2D eigenvalue weighted by atomic mass is 32.2. The van der Waals surface area contributed by atoms with Gasteiger partial charge < -0.3 is 14.4 Å². The van der Waals surface area contributed by atoms with E-state index in [0.717, 1.165) is 5.75 Å². The molecule has 2 heterocycles. The van der Waals surface area contributed by atoms with Crippen molar-refractivity contribution in [3.8, 4) is 11.5 Å². The highest BCUT2D eigenvalue weighted by Crippen LogP contribution is 2.27. The van der Waals surface area contributed by atoms with E-state index in [1.165, 1.54) is 29.7 Å². The van der Waals surface area contributed by atoms with Gasteiger partial charge in [-0.05, 0) is 55.5 Å². The number of thiazole rings is 1. The first-order valence-electron chi connectivity index (χ1n) is 9.69. The van der Waals surface area contributed by atoms with Crippen LogP contribution in [0.25, 0.3) is 0 Å². The topological polar surface area (TPSA) is 97.8 Å². The monoisotopic (exact) mass is 459 g/mol. The standard InChI is InChI=1S/C21H21N3O5S2/c1-2-28-16-5-7-17(8-6-16)29-19-11-13-24(20(19)25)15-3-9-18(10-4-15)31(26,27)23-21-22-12-14-30-21/h3-10,12,14,19H,2,11,13H2,1H3,(H,22,23). The molecule has 1 N–H and O–H groups in total. The zero-order chi connectivity index (χ0) is 21.8. The first-order valence-corrected chi connectivity index (χ1v) is 12.1. The molecule has 31 heavy (non-hydrogen) atoms. The van der Waals surface area contributed by atoms with Crippen LogP contribution in [-0.2, 0) is 14.8 Å². The maximum atomic E-state index is 12.8. The molecule has 8 nitrogen and oxygen atoms in total. The van der Waals surface area contributed by atoms with E-state index in [0.29, 0.717) is 36.1 Å². The molecule has 0 aliphatic carbocycles. The van der Waals surface area contributed by atoms with Crippen molar-refractivity contribution in [1.82, 2.24) is 4.98 Å². The van der Waals surface area contributed by atoms with E-state index in [9.17, 15) is 13.2 Å². The molecule has 3 aromatic rings. The van der Waals surface area contributed by atoms with Crippen LogP contribution in [-0.4, -0.2) is 38.6 Å². The molecular weight excluding hydrogens is 438 g/mol. The smallest absolute Gasteiger partial charge is 0.268 e.